The normalized spacial score (nSPS) is 12.8. The summed E-state index contributed by atoms with van der Waals surface area (Å²) in [6, 6.07) is -0.416. The third kappa shape index (κ3) is 4.28. The van der Waals surface area contributed by atoms with Gasteiger partial charge < -0.3 is 11.1 Å². The first kappa shape index (κ1) is 13.1. The van der Waals surface area contributed by atoms with Crippen LogP contribution in [0.1, 0.15) is 30.2 Å². The van der Waals surface area contributed by atoms with Crippen LogP contribution in [0.25, 0.3) is 0 Å². The average Bonchev–Trinajstić information content (AvgIpc) is 2.59. The summed E-state index contributed by atoms with van der Waals surface area (Å²) in [6.45, 7) is 6.57. The summed E-state index contributed by atoms with van der Waals surface area (Å²) in [5.74, 6) is 0.337. The zero-order valence-electron chi connectivity index (χ0n) is 9.99. The van der Waals surface area contributed by atoms with Crippen LogP contribution in [0.15, 0.2) is 6.20 Å². The molecule has 0 spiro atoms. The van der Waals surface area contributed by atoms with Crippen molar-refractivity contribution in [1.29, 1.82) is 0 Å². The Hall–Kier alpha value is -0.940. The van der Waals surface area contributed by atoms with E-state index in [1.54, 1.807) is 17.5 Å². The van der Waals surface area contributed by atoms with E-state index >= 15 is 0 Å². The van der Waals surface area contributed by atoms with Gasteiger partial charge in [0.1, 0.15) is 5.01 Å². The monoisotopic (exact) mass is 241 g/mol. The van der Waals surface area contributed by atoms with Crippen LogP contribution in [0.3, 0.4) is 0 Å². The van der Waals surface area contributed by atoms with E-state index in [0.717, 1.165) is 9.88 Å². The van der Waals surface area contributed by atoms with Crippen molar-refractivity contribution in [3.05, 3.63) is 16.1 Å². The van der Waals surface area contributed by atoms with Gasteiger partial charge in [0.05, 0.1) is 12.6 Å². The van der Waals surface area contributed by atoms with Crippen LogP contribution in [0.2, 0.25) is 0 Å². The van der Waals surface area contributed by atoms with Crippen molar-refractivity contribution in [3.63, 3.8) is 0 Å². The number of nitrogens with one attached hydrogen (secondary N) is 1. The highest BCUT2D eigenvalue weighted by Gasteiger charge is 2.14. The van der Waals surface area contributed by atoms with Gasteiger partial charge in [-0.1, -0.05) is 13.8 Å². The molecule has 0 fully saturated rings. The number of carbonyl (C=O) groups is 1. The van der Waals surface area contributed by atoms with Crippen LogP contribution in [-0.4, -0.2) is 16.9 Å². The van der Waals surface area contributed by atoms with E-state index < -0.39 is 6.04 Å². The van der Waals surface area contributed by atoms with Gasteiger partial charge in [0.2, 0.25) is 5.91 Å². The molecule has 0 aliphatic heterocycles. The molecule has 1 aromatic heterocycles. The summed E-state index contributed by atoms with van der Waals surface area (Å²) < 4.78 is 0. The lowest BCUT2D eigenvalue weighted by Gasteiger charge is -2.13. The second-order valence-corrected chi connectivity index (χ2v) is 5.64. The van der Waals surface area contributed by atoms with Crippen molar-refractivity contribution < 1.29 is 4.79 Å². The molecule has 0 aliphatic carbocycles. The van der Waals surface area contributed by atoms with Crippen LogP contribution >= 0.6 is 11.3 Å². The molecule has 0 radical (unpaired) electrons. The Morgan fingerprint density at radius 2 is 2.31 bits per heavy atom. The highest BCUT2D eigenvalue weighted by molar-refractivity contribution is 7.11. The van der Waals surface area contributed by atoms with E-state index in [4.69, 9.17) is 5.73 Å². The number of hydrogen-bond donors (Lipinski definition) is 2. The number of carbonyl (C=O) groups excluding carboxylic acids is 1. The van der Waals surface area contributed by atoms with Crippen LogP contribution < -0.4 is 11.1 Å². The quantitative estimate of drug-likeness (QED) is 0.819. The van der Waals surface area contributed by atoms with Gasteiger partial charge in [0, 0.05) is 11.1 Å². The third-order valence-corrected chi connectivity index (χ3v) is 3.06. The SMILES string of the molecule is Cc1cnc(CNC(=O)[C@@H](N)CC(C)C)s1. The summed E-state index contributed by atoms with van der Waals surface area (Å²) in [7, 11) is 0. The standard InChI is InChI=1S/C11H19N3OS/c1-7(2)4-9(12)11(15)14-6-10-13-5-8(3)16-10/h5,7,9H,4,6,12H2,1-3H3,(H,14,15)/t9-/m0/s1. The number of rotatable bonds is 5. The molecule has 1 heterocycles. The molecule has 1 amide bonds. The van der Waals surface area contributed by atoms with Gasteiger partial charge in [-0.2, -0.15) is 0 Å². The molecule has 0 bridgehead atoms. The molecule has 0 saturated carbocycles. The maximum atomic E-state index is 11.6. The van der Waals surface area contributed by atoms with Gasteiger partial charge >= 0.3 is 0 Å². The molecule has 4 nitrogen and oxygen atoms in total. The van der Waals surface area contributed by atoms with E-state index in [1.807, 2.05) is 6.92 Å². The molecule has 0 aromatic carbocycles. The molecular formula is C11H19N3OS. The fraction of sp³-hybridized carbons (Fsp3) is 0.636. The average molecular weight is 241 g/mol. The Morgan fingerprint density at radius 1 is 1.62 bits per heavy atom. The fourth-order valence-electron chi connectivity index (χ4n) is 1.39. The summed E-state index contributed by atoms with van der Waals surface area (Å²) in [5, 5.41) is 3.72. The number of aryl methyl sites for hydroxylation is 1. The largest absolute Gasteiger partial charge is 0.348 e. The van der Waals surface area contributed by atoms with Crippen LogP contribution in [0.5, 0.6) is 0 Å². The van der Waals surface area contributed by atoms with Crippen molar-refractivity contribution in [2.75, 3.05) is 0 Å². The Kier molecular flexibility index (Phi) is 4.89. The topological polar surface area (TPSA) is 68.0 Å². The summed E-state index contributed by atoms with van der Waals surface area (Å²) in [5.41, 5.74) is 5.76. The van der Waals surface area contributed by atoms with E-state index in [-0.39, 0.29) is 5.91 Å². The first-order valence-corrected chi connectivity index (χ1v) is 6.25. The highest BCUT2D eigenvalue weighted by atomic mass is 32.1. The first-order chi connectivity index (χ1) is 7.49. The second-order valence-electron chi connectivity index (χ2n) is 4.32. The second kappa shape index (κ2) is 5.96. The number of nitrogens with two attached hydrogens (primary N) is 1. The lowest BCUT2D eigenvalue weighted by molar-refractivity contribution is -0.122. The van der Waals surface area contributed by atoms with Crippen molar-refractivity contribution in [1.82, 2.24) is 10.3 Å². The van der Waals surface area contributed by atoms with Crippen molar-refractivity contribution in [2.45, 2.75) is 39.8 Å². The molecule has 1 aromatic rings. The van der Waals surface area contributed by atoms with Gasteiger partial charge in [-0.3, -0.25) is 4.79 Å². The molecule has 5 heteroatoms. The maximum Gasteiger partial charge on any atom is 0.237 e. The number of amides is 1. The predicted octanol–water partition coefficient (Wildman–Crippen LogP) is 1.44. The third-order valence-electron chi connectivity index (χ3n) is 2.15. The van der Waals surface area contributed by atoms with Gasteiger partial charge in [0.15, 0.2) is 0 Å². The zero-order valence-corrected chi connectivity index (χ0v) is 10.8. The number of hydrogen-bond acceptors (Lipinski definition) is 4. The molecule has 90 valence electrons. The molecule has 0 saturated heterocycles. The van der Waals surface area contributed by atoms with Gasteiger partial charge in [-0.25, -0.2) is 4.98 Å². The fourth-order valence-corrected chi connectivity index (χ4v) is 2.12. The number of aromatic nitrogens is 1. The van der Waals surface area contributed by atoms with Crippen LogP contribution in [0, 0.1) is 12.8 Å². The lowest BCUT2D eigenvalue weighted by Crippen LogP contribution is -2.40. The van der Waals surface area contributed by atoms with Crippen molar-refractivity contribution in [2.24, 2.45) is 11.7 Å². The molecular weight excluding hydrogens is 222 g/mol. The minimum Gasteiger partial charge on any atom is -0.348 e. The number of thiazole rings is 1. The highest BCUT2D eigenvalue weighted by Crippen LogP contribution is 2.10. The lowest BCUT2D eigenvalue weighted by atomic mass is 10.0. The smallest absolute Gasteiger partial charge is 0.237 e. The Balaban J connectivity index is 2.35. The zero-order chi connectivity index (χ0) is 12.1. The minimum absolute atomic E-state index is 0.0958. The molecule has 0 unspecified atom stereocenters. The van der Waals surface area contributed by atoms with Crippen molar-refractivity contribution in [3.8, 4) is 0 Å². The summed E-state index contributed by atoms with van der Waals surface area (Å²) in [4.78, 5) is 16.9. The molecule has 16 heavy (non-hydrogen) atoms. The van der Waals surface area contributed by atoms with Gasteiger partial charge in [-0.05, 0) is 19.3 Å². The van der Waals surface area contributed by atoms with E-state index in [1.165, 1.54) is 0 Å². The summed E-state index contributed by atoms with van der Waals surface area (Å²) >= 11 is 1.59. The first-order valence-electron chi connectivity index (χ1n) is 5.43. The van der Waals surface area contributed by atoms with Crippen molar-refractivity contribution >= 4 is 17.2 Å². The Labute approximate surface area is 100 Å². The maximum absolute atomic E-state index is 11.6. The molecule has 0 aliphatic rings. The number of nitrogens with zero attached hydrogens (tertiary/aromatic N) is 1. The van der Waals surface area contributed by atoms with E-state index in [0.29, 0.717) is 18.9 Å². The predicted molar refractivity (Wildman–Crippen MR) is 66.1 cm³/mol. The minimum atomic E-state index is -0.416. The van der Waals surface area contributed by atoms with Crippen LogP contribution in [-0.2, 0) is 11.3 Å². The Bertz CT molecular complexity index is 349. The van der Waals surface area contributed by atoms with E-state index in [2.05, 4.69) is 24.1 Å². The summed E-state index contributed by atoms with van der Waals surface area (Å²) in [6.07, 6.45) is 2.52. The van der Waals surface area contributed by atoms with Crippen LogP contribution in [0.4, 0.5) is 0 Å². The molecule has 3 N–H and O–H groups in total. The van der Waals surface area contributed by atoms with Gasteiger partial charge in [-0.15, -0.1) is 11.3 Å². The molecule has 1 atom stereocenters. The van der Waals surface area contributed by atoms with E-state index in [9.17, 15) is 4.79 Å². The Morgan fingerprint density at radius 3 is 2.81 bits per heavy atom. The molecule has 1 rings (SSSR count). The van der Waals surface area contributed by atoms with Gasteiger partial charge in [0.25, 0.3) is 0 Å².